The number of carbonyl (C=O) groups excluding carboxylic acids is 3. The number of fused-ring (bicyclic) bond motifs is 5. The maximum Gasteiger partial charge on any atom is 0.265 e. The number of ketones is 3. The van der Waals surface area contributed by atoms with E-state index in [4.69, 9.17) is 18.4 Å². The van der Waals surface area contributed by atoms with E-state index in [-0.39, 0.29) is 54.2 Å². The molecule has 1 unspecified atom stereocenters. The minimum atomic E-state index is -2.96. The van der Waals surface area contributed by atoms with Crippen LogP contribution in [-0.4, -0.2) is 65.9 Å². The van der Waals surface area contributed by atoms with Gasteiger partial charge < -0.3 is 18.4 Å². The summed E-state index contributed by atoms with van der Waals surface area (Å²) in [6, 6.07) is 18.5. The molecule has 8 rings (SSSR count). The normalized spacial score (nSPS) is 24.4. The van der Waals surface area contributed by atoms with Crippen molar-refractivity contribution in [2.45, 2.75) is 116 Å². The quantitative estimate of drug-likeness (QED) is 0.120. The number of aromatic nitrogens is 1. The van der Waals surface area contributed by atoms with Crippen LogP contribution in [0.5, 0.6) is 11.6 Å². The molecule has 2 heterocycles. The van der Waals surface area contributed by atoms with E-state index in [1.165, 1.54) is 0 Å². The van der Waals surface area contributed by atoms with Crippen LogP contribution in [0.3, 0.4) is 0 Å². The van der Waals surface area contributed by atoms with Crippen molar-refractivity contribution in [1.29, 1.82) is 0 Å². The molecule has 4 aromatic rings. The second-order valence-corrected chi connectivity index (χ2v) is 24.3. The van der Waals surface area contributed by atoms with Crippen molar-refractivity contribution >= 4 is 25.7 Å². The predicted octanol–water partition coefficient (Wildman–Crippen LogP) is 8.91. The summed E-state index contributed by atoms with van der Waals surface area (Å²) >= 11 is 0. The maximum atomic E-state index is 17.2. The highest BCUT2D eigenvalue weighted by Crippen LogP contribution is 2.59. The number of benzene rings is 3. The molecule has 4 aliphatic rings. The van der Waals surface area contributed by atoms with E-state index in [1.807, 2.05) is 92.8 Å². The first-order chi connectivity index (χ1) is 27.8. The van der Waals surface area contributed by atoms with Gasteiger partial charge in [0.25, 0.3) is 5.88 Å². The van der Waals surface area contributed by atoms with Crippen molar-refractivity contribution in [3.8, 4) is 11.6 Å². The maximum absolute atomic E-state index is 17.2. The molecular weight excluding hydrogens is 766 g/mol. The lowest BCUT2D eigenvalue weighted by atomic mass is 9.54. The molecule has 0 saturated heterocycles. The zero-order valence-electron chi connectivity index (χ0n) is 35.9. The summed E-state index contributed by atoms with van der Waals surface area (Å²) in [6.07, 6.45) is 0.361. The van der Waals surface area contributed by atoms with Crippen molar-refractivity contribution in [2.24, 2.45) is 17.8 Å². The lowest BCUT2D eigenvalue weighted by molar-refractivity contribution is -0.151. The van der Waals surface area contributed by atoms with E-state index in [9.17, 15) is 0 Å². The van der Waals surface area contributed by atoms with Crippen LogP contribution >= 0.6 is 0 Å². The number of hydrogen-bond donors (Lipinski definition) is 0. The van der Waals surface area contributed by atoms with E-state index < -0.39 is 65.9 Å². The second kappa shape index (κ2) is 14.6. The Kier molecular flexibility index (Phi) is 10.2. The summed E-state index contributed by atoms with van der Waals surface area (Å²) in [7, 11) is 0.775. The van der Waals surface area contributed by atoms with E-state index in [2.05, 4.69) is 51.6 Å². The second-order valence-electron chi connectivity index (χ2n) is 19.6. The van der Waals surface area contributed by atoms with E-state index in [0.29, 0.717) is 35.7 Å². The average Bonchev–Trinajstić information content (AvgIpc) is 3.82. The van der Waals surface area contributed by atoms with Crippen molar-refractivity contribution in [3.63, 3.8) is 0 Å². The van der Waals surface area contributed by atoms with Crippen LogP contribution < -0.4 is 9.47 Å². The average molecular weight is 822 g/mol. The topological polar surface area (TPSA) is 111 Å². The third-order valence-corrected chi connectivity index (χ3v) is 18.1. The fourth-order valence-corrected chi connectivity index (χ4v) is 10.9. The molecule has 1 fully saturated rings. The Morgan fingerprint density at radius 3 is 2.03 bits per heavy atom. The highest BCUT2D eigenvalue weighted by Gasteiger charge is 2.70. The molecule has 59 heavy (non-hydrogen) atoms. The third-order valence-electron chi connectivity index (χ3n) is 13.7. The molecule has 10 nitrogen and oxygen atoms in total. The Morgan fingerprint density at radius 2 is 1.46 bits per heavy atom. The summed E-state index contributed by atoms with van der Waals surface area (Å²) in [5, 5.41) is 3.87. The van der Waals surface area contributed by atoms with E-state index in [1.54, 1.807) is 0 Å². The summed E-state index contributed by atoms with van der Waals surface area (Å²) in [5.74, 6) is -4.20. The third kappa shape index (κ3) is 6.70. The molecule has 3 aromatic carbocycles. The molecule has 5 atom stereocenters. The number of ether oxygens (including phenoxy) is 2. The minimum absolute atomic E-state index is 0.0229. The molecule has 12 heteroatoms. The highest BCUT2D eigenvalue weighted by atomic mass is 28.4. The van der Waals surface area contributed by atoms with Gasteiger partial charge >= 0.3 is 0 Å². The molecular formula is C47H56FN3O7Si. The van der Waals surface area contributed by atoms with Crippen LogP contribution in [0.1, 0.15) is 108 Å². The Balaban J connectivity index is 1.29. The smallest absolute Gasteiger partial charge is 0.265 e. The van der Waals surface area contributed by atoms with Gasteiger partial charge in [0, 0.05) is 41.2 Å². The molecule has 1 aliphatic heterocycles. The summed E-state index contributed by atoms with van der Waals surface area (Å²) in [5.41, 5.74) is 0.989. The number of rotatable bonds is 9. The van der Waals surface area contributed by atoms with Crippen LogP contribution in [-0.2, 0) is 41.9 Å². The van der Waals surface area contributed by atoms with Gasteiger partial charge in [-0.15, -0.1) is 0 Å². The summed E-state index contributed by atoms with van der Waals surface area (Å²) in [6.45, 7) is 17.5. The molecule has 0 bridgehead atoms. The van der Waals surface area contributed by atoms with Gasteiger partial charge in [-0.1, -0.05) is 81.4 Å². The van der Waals surface area contributed by atoms with Crippen molar-refractivity contribution in [1.82, 2.24) is 15.0 Å². The zero-order valence-corrected chi connectivity index (χ0v) is 36.9. The molecule has 3 aliphatic carbocycles. The highest BCUT2D eigenvalue weighted by molar-refractivity contribution is 6.74. The zero-order chi connectivity index (χ0) is 42.4. The van der Waals surface area contributed by atoms with Gasteiger partial charge in [0.05, 0.1) is 17.5 Å². The Hall–Kier alpha value is -4.49. The van der Waals surface area contributed by atoms with E-state index >= 15 is 18.8 Å². The fourth-order valence-electron chi connectivity index (χ4n) is 9.49. The summed E-state index contributed by atoms with van der Waals surface area (Å²) in [4.78, 5) is 51.1. The van der Waals surface area contributed by atoms with Crippen LogP contribution in [0, 0.1) is 23.6 Å². The van der Waals surface area contributed by atoms with E-state index in [0.717, 1.165) is 11.1 Å². The fraction of sp³-hybridized carbons (Fsp3) is 0.489. The van der Waals surface area contributed by atoms with Crippen molar-refractivity contribution in [3.05, 3.63) is 111 Å². The van der Waals surface area contributed by atoms with Crippen LogP contribution in [0.15, 0.2) is 65.2 Å². The molecule has 0 spiro atoms. The van der Waals surface area contributed by atoms with Crippen molar-refractivity contribution in [2.75, 3.05) is 14.1 Å². The van der Waals surface area contributed by atoms with Gasteiger partial charge in [0.1, 0.15) is 30.3 Å². The number of halogens is 1. The first kappa shape index (κ1) is 41.2. The molecule has 312 valence electrons. The number of Topliss-reactive ketones (excluding diaryl/α,β-unsaturated/α-hetero) is 3. The standard InChI is InChI=1S/C47H56FN3O7Si/c1-45(2,3)51-23-31-32(24-51)40(55-25-27-17-13-11-14-18-27)35-30(37(31)48)21-29-22-33-38(50(7)8)41-36(44(49-57-41)56-26-28-19-15-12-16-20-28)43(54)47(33,42(53)34(29)39(35)52)58-59(9,10)46(4,5)6/h11-20,29,33-34,38H,21-26H2,1-10H3/t29-,33-,34?,38-,47-/m0/s1. The lowest BCUT2D eigenvalue weighted by Gasteiger charge is -2.56. The molecule has 0 N–H and O–H groups in total. The van der Waals surface area contributed by atoms with Gasteiger partial charge in [-0.05, 0) is 88.0 Å². The molecule has 0 amide bonds. The number of nitrogens with zero attached hydrogens (tertiary/aromatic N) is 3. The SMILES string of the molecule is CN(C)[C@@H]1c2onc(OCc3ccccc3)c2C(=O)[C@@]2(O[Si](C)(C)C(C)(C)C)C(=O)C3C(=O)c4c(c(F)c5c(c4OCc4ccccc4)CN(C(C)(C)C)C5)C[C@H]3C[C@@H]12. The first-order valence-corrected chi connectivity index (χ1v) is 23.6. The Labute approximate surface area is 347 Å². The first-order valence-electron chi connectivity index (χ1n) is 20.7. The Morgan fingerprint density at radius 1 is 0.864 bits per heavy atom. The largest absolute Gasteiger partial charge is 0.488 e. The van der Waals surface area contributed by atoms with Crippen LogP contribution in [0.25, 0.3) is 0 Å². The number of carbonyl (C=O) groups is 3. The molecule has 1 saturated carbocycles. The van der Waals surface area contributed by atoms with Gasteiger partial charge in [-0.3, -0.25) is 24.2 Å². The Bertz CT molecular complexity index is 2310. The van der Waals surface area contributed by atoms with Crippen LogP contribution in [0.4, 0.5) is 4.39 Å². The molecule has 0 radical (unpaired) electrons. The van der Waals surface area contributed by atoms with Gasteiger partial charge in [-0.2, -0.15) is 0 Å². The summed E-state index contributed by atoms with van der Waals surface area (Å²) < 4.78 is 43.3. The predicted molar refractivity (Wildman–Crippen MR) is 223 cm³/mol. The van der Waals surface area contributed by atoms with Gasteiger partial charge in [-0.25, -0.2) is 4.39 Å². The minimum Gasteiger partial charge on any atom is -0.488 e. The lowest BCUT2D eigenvalue weighted by Crippen LogP contribution is -2.70. The monoisotopic (exact) mass is 821 g/mol. The number of hydrogen-bond acceptors (Lipinski definition) is 10. The van der Waals surface area contributed by atoms with Crippen molar-refractivity contribution < 1.29 is 37.2 Å². The molecule has 1 aromatic heterocycles. The van der Waals surface area contributed by atoms with Crippen LogP contribution in [0.2, 0.25) is 18.1 Å². The van der Waals surface area contributed by atoms with Gasteiger partial charge in [0.2, 0.25) is 5.78 Å². The van der Waals surface area contributed by atoms with Gasteiger partial charge in [0.15, 0.2) is 31.2 Å².